The van der Waals surface area contributed by atoms with Crippen molar-refractivity contribution in [3.8, 4) is 6.07 Å². The van der Waals surface area contributed by atoms with Gasteiger partial charge in [-0.25, -0.2) is 4.39 Å². The van der Waals surface area contributed by atoms with Gasteiger partial charge in [0.05, 0.1) is 0 Å². The van der Waals surface area contributed by atoms with Crippen molar-refractivity contribution in [3.05, 3.63) is 82.3 Å². The normalized spacial score (nSPS) is 10.8. The summed E-state index contributed by atoms with van der Waals surface area (Å²) in [6.45, 7) is 0.603. The Hall–Kier alpha value is -2.84. The SMILES string of the molecule is N#C/C(=C/NCc1cccc(F)c1)C(=O)NCc1ccc(Cl)cc1. The zero-order valence-corrected chi connectivity index (χ0v) is 13.5. The topological polar surface area (TPSA) is 64.9 Å². The molecule has 24 heavy (non-hydrogen) atoms. The van der Waals surface area contributed by atoms with E-state index in [2.05, 4.69) is 10.6 Å². The molecule has 4 nitrogen and oxygen atoms in total. The number of carbonyl (C=O) groups excluding carboxylic acids is 1. The molecule has 6 heteroatoms. The molecule has 0 saturated heterocycles. The van der Waals surface area contributed by atoms with Gasteiger partial charge in [-0.3, -0.25) is 4.79 Å². The van der Waals surface area contributed by atoms with Crippen LogP contribution in [0, 0.1) is 17.1 Å². The number of halogens is 2. The zero-order chi connectivity index (χ0) is 17.4. The second kappa shape index (κ2) is 8.70. The number of hydrogen-bond donors (Lipinski definition) is 2. The summed E-state index contributed by atoms with van der Waals surface area (Å²) in [6, 6.07) is 15.0. The van der Waals surface area contributed by atoms with Crippen molar-refractivity contribution >= 4 is 17.5 Å². The quantitative estimate of drug-likeness (QED) is 0.625. The van der Waals surface area contributed by atoms with E-state index in [1.54, 1.807) is 36.4 Å². The van der Waals surface area contributed by atoms with E-state index in [0.717, 1.165) is 5.56 Å². The minimum absolute atomic E-state index is 0.0552. The molecule has 2 N–H and O–H groups in total. The number of nitrogens with one attached hydrogen (secondary N) is 2. The summed E-state index contributed by atoms with van der Waals surface area (Å²) in [5.41, 5.74) is 1.53. The lowest BCUT2D eigenvalue weighted by molar-refractivity contribution is -0.117. The summed E-state index contributed by atoms with van der Waals surface area (Å²) in [4.78, 5) is 12.0. The maximum atomic E-state index is 13.1. The van der Waals surface area contributed by atoms with Gasteiger partial charge in [-0.05, 0) is 35.4 Å². The molecule has 2 aromatic rings. The molecule has 122 valence electrons. The summed E-state index contributed by atoms with van der Waals surface area (Å²) in [5.74, 6) is -0.821. The van der Waals surface area contributed by atoms with Crippen molar-refractivity contribution in [2.75, 3.05) is 0 Å². The monoisotopic (exact) mass is 343 g/mol. The highest BCUT2D eigenvalue weighted by molar-refractivity contribution is 6.30. The first-order valence-corrected chi connectivity index (χ1v) is 7.57. The Morgan fingerprint density at radius 3 is 2.58 bits per heavy atom. The minimum atomic E-state index is -0.487. The molecular weight excluding hydrogens is 329 g/mol. The first-order chi connectivity index (χ1) is 11.6. The lowest BCUT2D eigenvalue weighted by Crippen LogP contribution is -2.25. The van der Waals surface area contributed by atoms with E-state index in [9.17, 15) is 9.18 Å². The molecule has 1 amide bonds. The second-order valence-corrected chi connectivity index (χ2v) is 5.43. The first kappa shape index (κ1) is 17.5. The fourth-order valence-electron chi connectivity index (χ4n) is 1.95. The molecule has 0 aliphatic heterocycles. The number of carbonyl (C=O) groups is 1. The van der Waals surface area contributed by atoms with E-state index in [4.69, 9.17) is 16.9 Å². The third-order valence-electron chi connectivity index (χ3n) is 3.17. The summed E-state index contributed by atoms with van der Waals surface area (Å²) in [7, 11) is 0. The lowest BCUT2D eigenvalue weighted by Gasteiger charge is -2.06. The third kappa shape index (κ3) is 5.41. The Labute approximate surface area is 144 Å². The number of nitriles is 1. The van der Waals surface area contributed by atoms with E-state index >= 15 is 0 Å². The highest BCUT2D eigenvalue weighted by atomic mass is 35.5. The van der Waals surface area contributed by atoms with E-state index in [1.807, 2.05) is 6.07 Å². The van der Waals surface area contributed by atoms with Gasteiger partial charge in [-0.1, -0.05) is 35.9 Å². The second-order valence-electron chi connectivity index (χ2n) is 4.99. The van der Waals surface area contributed by atoms with Crippen LogP contribution in [-0.2, 0) is 17.9 Å². The highest BCUT2D eigenvalue weighted by Crippen LogP contribution is 2.09. The van der Waals surface area contributed by atoms with Crippen LogP contribution in [0.3, 0.4) is 0 Å². The molecule has 0 aromatic heterocycles. The van der Waals surface area contributed by atoms with Gasteiger partial charge in [-0.15, -0.1) is 0 Å². The van der Waals surface area contributed by atoms with Crippen LogP contribution in [0.1, 0.15) is 11.1 Å². The number of amides is 1. The molecular formula is C18H15ClFN3O. The van der Waals surface area contributed by atoms with Crippen LogP contribution >= 0.6 is 11.6 Å². The van der Waals surface area contributed by atoms with Crippen molar-refractivity contribution in [3.63, 3.8) is 0 Å². The molecule has 0 heterocycles. The maximum absolute atomic E-state index is 13.1. The molecule has 0 aliphatic carbocycles. The van der Waals surface area contributed by atoms with Crippen LogP contribution in [0.5, 0.6) is 0 Å². The van der Waals surface area contributed by atoms with Gasteiger partial charge in [0, 0.05) is 24.3 Å². The van der Waals surface area contributed by atoms with Crippen LogP contribution < -0.4 is 10.6 Å². The Bertz CT molecular complexity index is 782. The van der Waals surface area contributed by atoms with Gasteiger partial charge < -0.3 is 10.6 Å². The summed E-state index contributed by atoms with van der Waals surface area (Å²) in [5, 5.41) is 15.2. The van der Waals surface area contributed by atoms with Crippen molar-refractivity contribution in [2.45, 2.75) is 13.1 Å². The molecule has 0 bridgehead atoms. The van der Waals surface area contributed by atoms with Gasteiger partial charge in [0.1, 0.15) is 17.5 Å². The molecule has 0 spiro atoms. The third-order valence-corrected chi connectivity index (χ3v) is 3.42. The Kier molecular flexibility index (Phi) is 6.35. The smallest absolute Gasteiger partial charge is 0.263 e. The number of hydrogen-bond acceptors (Lipinski definition) is 3. The van der Waals surface area contributed by atoms with E-state index in [0.29, 0.717) is 23.7 Å². The van der Waals surface area contributed by atoms with Crippen LogP contribution in [-0.4, -0.2) is 5.91 Å². The predicted molar refractivity (Wildman–Crippen MR) is 90.2 cm³/mol. The lowest BCUT2D eigenvalue weighted by atomic mass is 10.2. The van der Waals surface area contributed by atoms with Gasteiger partial charge in [0.15, 0.2) is 0 Å². The molecule has 0 saturated carbocycles. The van der Waals surface area contributed by atoms with Crippen LogP contribution in [0.2, 0.25) is 5.02 Å². The van der Waals surface area contributed by atoms with E-state index < -0.39 is 5.91 Å². The maximum Gasteiger partial charge on any atom is 0.263 e. The zero-order valence-electron chi connectivity index (χ0n) is 12.7. The molecule has 0 aliphatic rings. The average molecular weight is 344 g/mol. The highest BCUT2D eigenvalue weighted by Gasteiger charge is 2.08. The van der Waals surface area contributed by atoms with Crippen molar-refractivity contribution in [2.24, 2.45) is 0 Å². The number of benzene rings is 2. The Morgan fingerprint density at radius 2 is 1.92 bits per heavy atom. The number of rotatable bonds is 6. The summed E-state index contributed by atoms with van der Waals surface area (Å²) >= 11 is 5.79. The Balaban J connectivity index is 1.88. The Morgan fingerprint density at radius 1 is 1.17 bits per heavy atom. The van der Waals surface area contributed by atoms with Crippen LogP contribution in [0.4, 0.5) is 4.39 Å². The molecule has 0 atom stereocenters. The number of nitrogens with zero attached hydrogens (tertiary/aromatic N) is 1. The summed E-state index contributed by atoms with van der Waals surface area (Å²) < 4.78 is 13.1. The van der Waals surface area contributed by atoms with Gasteiger partial charge in [-0.2, -0.15) is 5.26 Å². The van der Waals surface area contributed by atoms with E-state index in [1.165, 1.54) is 18.3 Å². The molecule has 0 unspecified atom stereocenters. The van der Waals surface area contributed by atoms with Crippen molar-refractivity contribution in [1.29, 1.82) is 5.26 Å². The molecule has 2 aromatic carbocycles. The van der Waals surface area contributed by atoms with Gasteiger partial charge in [0.25, 0.3) is 5.91 Å². The molecule has 2 rings (SSSR count). The fraction of sp³-hybridized carbons (Fsp3) is 0.111. The largest absolute Gasteiger partial charge is 0.386 e. The van der Waals surface area contributed by atoms with Crippen LogP contribution in [0.25, 0.3) is 0 Å². The van der Waals surface area contributed by atoms with Crippen LogP contribution in [0.15, 0.2) is 60.3 Å². The average Bonchev–Trinajstić information content (AvgIpc) is 2.58. The van der Waals surface area contributed by atoms with E-state index in [-0.39, 0.29) is 11.4 Å². The standard InChI is InChI=1S/C18H15ClFN3O/c19-16-6-4-13(5-7-16)11-23-18(24)15(9-21)12-22-10-14-2-1-3-17(20)8-14/h1-8,12,22H,10-11H2,(H,23,24)/b15-12-. The minimum Gasteiger partial charge on any atom is -0.386 e. The predicted octanol–water partition coefficient (Wildman–Crippen LogP) is 3.29. The van der Waals surface area contributed by atoms with Gasteiger partial charge in [0.2, 0.25) is 0 Å². The van der Waals surface area contributed by atoms with Crippen molar-refractivity contribution in [1.82, 2.24) is 10.6 Å². The van der Waals surface area contributed by atoms with Gasteiger partial charge >= 0.3 is 0 Å². The molecule has 0 fully saturated rings. The summed E-state index contributed by atoms with van der Waals surface area (Å²) in [6.07, 6.45) is 1.32. The fourth-order valence-corrected chi connectivity index (χ4v) is 2.07. The first-order valence-electron chi connectivity index (χ1n) is 7.19. The molecule has 0 radical (unpaired) electrons. The van der Waals surface area contributed by atoms with Crippen molar-refractivity contribution < 1.29 is 9.18 Å².